The molecule has 2 N–H and O–H groups in total. The number of hydrazone groups is 1. The van der Waals surface area contributed by atoms with E-state index >= 15 is 0 Å². The molecular weight excluding hydrogens is 478 g/mol. The molecule has 4 aromatic rings. The highest BCUT2D eigenvalue weighted by molar-refractivity contribution is 7.89. The van der Waals surface area contributed by atoms with Crippen LogP contribution in [0.4, 0.5) is 0 Å². The van der Waals surface area contributed by atoms with Crippen LogP contribution in [0.15, 0.2) is 82.8 Å². The number of aromatic nitrogens is 1. The molecule has 0 aliphatic heterocycles. The predicted octanol–water partition coefficient (Wildman–Crippen LogP) is 2.87. The molecule has 1 aromatic heterocycles. The molecular formula is C23H24N3O6S2+. The lowest BCUT2D eigenvalue weighted by Crippen LogP contribution is -2.30. The minimum absolute atomic E-state index is 0.185. The van der Waals surface area contributed by atoms with Crippen molar-refractivity contribution in [1.29, 1.82) is 0 Å². The summed E-state index contributed by atoms with van der Waals surface area (Å²) >= 11 is 0. The lowest BCUT2D eigenvalue weighted by molar-refractivity contribution is -0.617. The van der Waals surface area contributed by atoms with Gasteiger partial charge in [-0.25, -0.2) is 4.83 Å². The van der Waals surface area contributed by atoms with Crippen LogP contribution >= 0.6 is 0 Å². The van der Waals surface area contributed by atoms with Crippen LogP contribution in [-0.2, 0) is 31.7 Å². The monoisotopic (exact) mass is 502 g/mol. The SMILES string of the molecule is COS(=O)(=O)O.Cc1ccc(S(=O)(=O)N/N=C/c2c3ccccc3[n+](C)c3ccccc23)cc1. The first kappa shape index (κ1) is 25.2. The third kappa shape index (κ3) is 5.94. The van der Waals surface area contributed by atoms with Crippen LogP contribution in [0.5, 0.6) is 0 Å². The van der Waals surface area contributed by atoms with Crippen LogP contribution in [0.2, 0.25) is 0 Å². The van der Waals surface area contributed by atoms with E-state index in [1.54, 1.807) is 30.5 Å². The number of pyridine rings is 1. The molecule has 0 aliphatic carbocycles. The predicted molar refractivity (Wildman–Crippen MR) is 130 cm³/mol. The number of rotatable bonds is 5. The second kappa shape index (κ2) is 10.3. The second-order valence-electron chi connectivity index (χ2n) is 7.27. The van der Waals surface area contributed by atoms with Gasteiger partial charge in [0.05, 0.1) is 29.0 Å². The summed E-state index contributed by atoms with van der Waals surface area (Å²) < 4.78 is 56.8. The third-order valence-corrected chi connectivity index (χ3v) is 6.68. The van der Waals surface area contributed by atoms with Gasteiger partial charge in [0, 0.05) is 17.7 Å². The minimum atomic E-state index is -4.16. The number of nitrogens with zero attached hydrogens (tertiary/aromatic N) is 2. The largest absolute Gasteiger partial charge is 0.397 e. The van der Waals surface area contributed by atoms with E-state index in [4.69, 9.17) is 4.55 Å². The van der Waals surface area contributed by atoms with Crippen molar-refractivity contribution in [3.8, 4) is 0 Å². The van der Waals surface area contributed by atoms with Crippen LogP contribution in [0.25, 0.3) is 21.8 Å². The number of para-hydroxylation sites is 2. The van der Waals surface area contributed by atoms with Gasteiger partial charge in [0.15, 0.2) is 0 Å². The highest BCUT2D eigenvalue weighted by Crippen LogP contribution is 2.23. The molecule has 9 nitrogen and oxygen atoms in total. The van der Waals surface area contributed by atoms with Gasteiger partial charge in [-0.3, -0.25) is 8.74 Å². The smallest absolute Gasteiger partial charge is 0.264 e. The van der Waals surface area contributed by atoms with E-state index in [0.717, 1.165) is 40.0 Å². The van der Waals surface area contributed by atoms with Gasteiger partial charge < -0.3 is 0 Å². The molecule has 0 saturated heterocycles. The maximum Gasteiger partial charge on any atom is 0.397 e. The molecule has 0 saturated carbocycles. The highest BCUT2D eigenvalue weighted by atomic mass is 32.3. The Hall–Kier alpha value is -3.38. The zero-order chi connectivity index (χ0) is 24.9. The second-order valence-corrected chi connectivity index (χ2v) is 10.1. The summed E-state index contributed by atoms with van der Waals surface area (Å²) in [4.78, 5) is 2.51. The number of hydrogen-bond donors (Lipinski definition) is 2. The Morgan fingerprint density at radius 1 is 0.882 bits per heavy atom. The molecule has 0 bridgehead atoms. The van der Waals surface area contributed by atoms with Crippen molar-refractivity contribution in [3.63, 3.8) is 0 Å². The van der Waals surface area contributed by atoms with Crippen molar-refractivity contribution in [2.75, 3.05) is 7.11 Å². The maximum atomic E-state index is 12.5. The summed E-state index contributed by atoms with van der Waals surface area (Å²) in [7, 11) is -4.99. The fraction of sp³-hybridized carbons (Fsp3) is 0.130. The van der Waals surface area contributed by atoms with Crippen molar-refractivity contribution in [3.05, 3.63) is 83.9 Å². The molecule has 0 radical (unpaired) electrons. The molecule has 178 valence electrons. The van der Waals surface area contributed by atoms with Crippen LogP contribution in [0.1, 0.15) is 11.1 Å². The van der Waals surface area contributed by atoms with Crippen molar-refractivity contribution >= 4 is 48.4 Å². The van der Waals surface area contributed by atoms with Crippen molar-refractivity contribution in [1.82, 2.24) is 4.83 Å². The highest BCUT2D eigenvalue weighted by Gasteiger charge is 2.16. The van der Waals surface area contributed by atoms with Gasteiger partial charge in [-0.1, -0.05) is 42.0 Å². The van der Waals surface area contributed by atoms with E-state index in [1.165, 1.54) is 0 Å². The fourth-order valence-electron chi connectivity index (χ4n) is 3.33. The van der Waals surface area contributed by atoms with E-state index in [2.05, 4.69) is 18.7 Å². The van der Waals surface area contributed by atoms with Gasteiger partial charge in [0.2, 0.25) is 11.0 Å². The molecule has 0 spiro atoms. The lowest BCUT2D eigenvalue weighted by atomic mass is 10.0. The van der Waals surface area contributed by atoms with E-state index in [0.29, 0.717) is 0 Å². The molecule has 1 heterocycles. The Labute approximate surface area is 198 Å². The zero-order valence-electron chi connectivity index (χ0n) is 18.7. The third-order valence-electron chi connectivity index (χ3n) is 5.02. The normalized spacial score (nSPS) is 12.0. The Bertz CT molecular complexity index is 1510. The topological polar surface area (TPSA) is 126 Å². The summed E-state index contributed by atoms with van der Waals surface area (Å²) in [5.74, 6) is 0. The molecule has 3 aromatic carbocycles. The number of hydrogen-bond acceptors (Lipinski definition) is 6. The van der Waals surface area contributed by atoms with Crippen molar-refractivity contribution < 1.29 is 30.1 Å². The summed E-state index contributed by atoms with van der Waals surface area (Å²) in [6.45, 7) is 1.91. The van der Waals surface area contributed by atoms with E-state index < -0.39 is 20.4 Å². The number of benzene rings is 3. The van der Waals surface area contributed by atoms with Crippen molar-refractivity contribution in [2.24, 2.45) is 12.1 Å². The van der Waals surface area contributed by atoms with Gasteiger partial charge in [-0.15, -0.1) is 0 Å². The number of fused-ring (bicyclic) bond motifs is 2. The minimum Gasteiger partial charge on any atom is -0.264 e. The number of nitrogens with one attached hydrogen (secondary N) is 1. The van der Waals surface area contributed by atoms with Crippen LogP contribution in [-0.4, -0.2) is 34.7 Å². The lowest BCUT2D eigenvalue weighted by Gasteiger charge is -2.07. The summed E-state index contributed by atoms with van der Waals surface area (Å²) in [5.41, 5.74) is 3.96. The fourth-order valence-corrected chi connectivity index (χ4v) is 4.12. The van der Waals surface area contributed by atoms with E-state index in [1.807, 2.05) is 62.5 Å². The summed E-state index contributed by atoms with van der Waals surface area (Å²) in [5, 5.41) is 6.07. The van der Waals surface area contributed by atoms with Gasteiger partial charge >= 0.3 is 10.4 Å². The Balaban J connectivity index is 0.000000481. The molecule has 0 unspecified atom stereocenters. The van der Waals surface area contributed by atoms with Gasteiger partial charge in [-0.05, 0) is 31.2 Å². The van der Waals surface area contributed by atoms with E-state index in [9.17, 15) is 16.8 Å². The van der Waals surface area contributed by atoms with Gasteiger partial charge in [-0.2, -0.15) is 26.5 Å². The Morgan fingerprint density at radius 3 is 1.82 bits per heavy atom. The number of sulfonamides is 1. The maximum absolute atomic E-state index is 12.5. The molecule has 0 atom stereocenters. The number of aryl methyl sites for hydroxylation is 2. The first-order valence-corrected chi connectivity index (χ1v) is 12.8. The molecule has 11 heteroatoms. The quantitative estimate of drug-likeness (QED) is 0.142. The molecule has 4 rings (SSSR count). The molecule has 0 aliphatic rings. The van der Waals surface area contributed by atoms with Crippen molar-refractivity contribution in [2.45, 2.75) is 11.8 Å². The van der Waals surface area contributed by atoms with Gasteiger partial charge in [0.25, 0.3) is 10.0 Å². The van der Waals surface area contributed by atoms with Gasteiger partial charge in [0.1, 0.15) is 7.05 Å². The Morgan fingerprint density at radius 2 is 1.35 bits per heavy atom. The summed E-state index contributed by atoms with van der Waals surface area (Å²) in [6, 6.07) is 22.7. The van der Waals surface area contributed by atoms with Crippen LogP contribution in [0, 0.1) is 6.92 Å². The average molecular weight is 503 g/mol. The standard InChI is InChI=1S/C22H19N3O2S.CH4O4S/c1-16-11-13-17(14-12-16)28(26,27)24-23-15-20-18-7-3-5-9-21(18)25(2)22-10-6-4-8-19(20)22;1-5-6(2,3)4/h3-15H,1-2H3;1H3,(H,2,3,4)/p+1. The molecule has 0 amide bonds. The zero-order valence-corrected chi connectivity index (χ0v) is 20.3. The van der Waals surface area contributed by atoms with Crippen LogP contribution < -0.4 is 9.40 Å². The first-order chi connectivity index (χ1) is 16.0. The van der Waals surface area contributed by atoms with Crippen LogP contribution in [0.3, 0.4) is 0 Å². The first-order valence-electron chi connectivity index (χ1n) is 9.97. The molecule has 0 fully saturated rings. The van der Waals surface area contributed by atoms with E-state index in [-0.39, 0.29) is 4.90 Å². The molecule has 34 heavy (non-hydrogen) atoms. The summed E-state index contributed by atoms with van der Waals surface area (Å²) in [6.07, 6.45) is 1.58. The average Bonchev–Trinajstić information content (AvgIpc) is 2.81. The Kier molecular flexibility index (Phi) is 7.62.